The van der Waals surface area contributed by atoms with Gasteiger partial charge in [0.2, 0.25) is 6.79 Å². The van der Waals surface area contributed by atoms with Gasteiger partial charge in [0.15, 0.2) is 17.3 Å². The number of nitrogens with one attached hydrogen (secondary N) is 1. The number of urea groups is 1. The molecule has 23 heavy (non-hydrogen) atoms. The minimum atomic E-state index is -0.228. The Hall–Kier alpha value is -2.77. The lowest BCUT2D eigenvalue weighted by atomic mass is 10.2. The molecule has 1 aromatic carbocycles. The molecule has 0 bridgehead atoms. The zero-order chi connectivity index (χ0) is 16.4. The number of carbonyl (C=O) groups is 1. The summed E-state index contributed by atoms with van der Waals surface area (Å²) < 4.78 is 12.4. The van der Waals surface area contributed by atoms with E-state index in [1.54, 1.807) is 22.8 Å². The molecule has 0 spiro atoms. The molecule has 8 nitrogen and oxygen atoms in total. The van der Waals surface area contributed by atoms with E-state index >= 15 is 0 Å². The van der Waals surface area contributed by atoms with Crippen molar-refractivity contribution in [3.8, 4) is 11.5 Å². The molecular formula is C15H19N5O3. The fourth-order valence-corrected chi connectivity index (χ4v) is 2.43. The first-order valence-corrected chi connectivity index (χ1v) is 7.28. The molecule has 3 rings (SSSR count). The molecule has 1 atom stereocenters. The topological polar surface area (TPSA) is 81.5 Å². The molecular weight excluding hydrogens is 298 g/mol. The molecule has 1 aliphatic heterocycles. The molecule has 0 fully saturated rings. The smallest absolute Gasteiger partial charge is 0.318 e. The maximum absolute atomic E-state index is 12.3. The average Bonchev–Trinajstić information content (AvgIpc) is 3.15. The van der Waals surface area contributed by atoms with Crippen LogP contribution >= 0.6 is 0 Å². The first kappa shape index (κ1) is 15.1. The molecule has 2 heterocycles. The van der Waals surface area contributed by atoms with E-state index in [1.807, 2.05) is 32.2 Å². The molecule has 8 heteroatoms. The van der Waals surface area contributed by atoms with Crippen LogP contribution in [0, 0.1) is 0 Å². The van der Waals surface area contributed by atoms with Gasteiger partial charge in [0.25, 0.3) is 0 Å². The summed E-state index contributed by atoms with van der Waals surface area (Å²) in [7, 11) is 3.58. The van der Waals surface area contributed by atoms with Gasteiger partial charge < -0.3 is 24.3 Å². The standard InChI is InChI=1S/C15H19N5O3/c1-10(14-18-16-8-20(14)3)17-15(21)19(2)7-11-4-5-12-13(6-11)23-9-22-12/h4-6,8,10H,7,9H2,1-3H3,(H,17,21)/t10-/m0/s1. The number of hydrogen-bond acceptors (Lipinski definition) is 5. The number of aromatic nitrogens is 3. The molecule has 0 aliphatic carbocycles. The Morgan fingerprint density at radius 1 is 1.43 bits per heavy atom. The Balaban J connectivity index is 1.60. The maximum Gasteiger partial charge on any atom is 0.318 e. The van der Waals surface area contributed by atoms with Gasteiger partial charge in [0.1, 0.15) is 6.33 Å². The lowest BCUT2D eigenvalue weighted by Gasteiger charge is -2.21. The Morgan fingerprint density at radius 2 is 2.22 bits per heavy atom. The highest BCUT2D eigenvalue weighted by atomic mass is 16.7. The summed E-state index contributed by atoms with van der Waals surface area (Å²) in [5.74, 6) is 2.15. The van der Waals surface area contributed by atoms with E-state index in [-0.39, 0.29) is 18.9 Å². The molecule has 122 valence electrons. The minimum absolute atomic E-state index is 0.182. The number of ether oxygens (including phenoxy) is 2. The fraction of sp³-hybridized carbons (Fsp3) is 0.400. The van der Waals surface area contributed by atoms with E-state index in [4.69, 9.17) is 9.47 Å². The Morgan fingerprint density at radius 3 is 2.96 bits per heavy atom. The zero-order valence-corrected chi connectivity index (χ0v) is 13.3. The summed E-state index contributed by atoms with van der Waals surface area (Å²) in [6, 6.07) is 5.25. The van der Waals surface area contributed by atoms with Crippen LogP contribution in [0.15, 0.2) is 24.5 Å². The summed E-state index contributed by atoms with van der Waals surface area (Å²) in [5.41, 5.74) is 0.971. The summed E-state index contributed by atoms with van der Waals surface area (Å²) in [6.07, 6.45) is 1.61. The number of rotatable bonds is 4. The number of benzene rings is 1. The van der Waals surface area contributed by atoms with Gasteiger partial charge in [-0.15, -0.1) is 10.2 Å². The van der Waals surface area contributed by atoms with Gasteiger partial charge in [-0.1, -0.05) is 6.07 Å². The van der Waals surface area contributed by atoms with Crippen molar-refractivity contribution in [1.29, 1.82) is 0 Å². The van der Waals surface area contributed by atoms with Crippen LogP contribution in [0.1, 0.15) is 24.4 Å². The van der Waals surface area contributed by atoms with Crippen LogP contribution in [0.2, 0.25) is 0 Å². The van der Waals surface area contributed by atoms with Gasteiger partial charge >= 0.3 is 6.03 Å². The molecule has 1 N–H and O–H groups in total. The predicted molar refractivity (Wildman–Crippen MR) is 82.0 cm³/mol. The average molecular weight is 317 g/mol. The highest BCUT2D eigenvalue weighted by molar-refractivity contribution is 5.74. The van der Waals surface area contributed by atoms with Crippen molar-refractivity contribution in [3.05, 3.63) is 35.9 Å². The van der Waals surface area contributed by atoms with Gasteiger partial charge in [-0.2, -0.15) is 0 Å². The Labute approximate surface area is 134 Å². The number of hydrogen-bond donors (Lipinski definition) is 1. The van der Waals surface area contributed by atoms with Crippen molar-refractivity contribution >= 4 is 6.03 Å². The SMILES string of the molecule is C[C@H](NC(=O)N(C)Cc1ccc2c(c1)OCO2)c1nncn1C. The van der Waals surface area contributed by atoms with E-state index in [1.165, 1.54) is 0 Å². The summed E-state index contributed by atoms with van der Waals surface area (Å²) in [4.78, 5) is 13.9. The largest absolute Gasteiger partial charge is 0.454 e. The van der Waals surface area contributed by atoms with Crippen LogP contribution in [0.3, 0.4) is 0 Å². The lowest BCUT2D eigenvalue weighted by molar-refractivity contribution is 0.174. The summed E-state index contributed by atoms with van der Waals surface area (Å²) in [5, 5.41) is 10.7. The predicted octanol–water partition coefficient (Wildman–Crippen LogP) is 1.45. The van der Waals surface area contributed by atoms with Gasteiger partial charge in [-0.25, -0.2) is 4.79 Å². The van der Waals surface area contributed by atoms with Crippen molar-refractivity contribution in [3.63, 3.8) is 0 Å². The van der Waals surface area contributed by atoms with Crippen LogP contribution in [0.25, 0.3) is 0 Å². The molecule has 0 radical (unpaired) electrons. The third-order valence-electron chi connectivity index (χ3n) is 3.68. The first-order valence-electron chi connectivity index (χ1n) is 7.28. The monoisotopic (exact) mass is 317 g/mol. The van der Waals surface area contributed by atoms with Crippen LogP contribution in [0.5, 0.6) is 11.5 Å². The van der Waals surface area contributed by atoms with E-state index in [2.05, 4.69) is 15.5 Å². The van der Waals surface area contributed by atoms with Gasteiger partial charge in [-0.05, 0) is 24.6 Å². The van der Waals surface area contributed by atoms with Crippen LogP contribution in [0.4, 0.5) is 4.79 Å². The summed E-state index contributed by atoms with van der Waals surface area (Å²) >= 11 is 0. The minimum Gasteiger partial charge on any atom is -0.454 e. The quantitative estimate of drug-likeness (QED) is 0.923. The lowest BCUT2D eigenvalue weighted by Crippen LogP contribution is -2.38. The number of carbonyl (C=O) groups excluding carboxylic acids is 1. The Bertz CT molecular complexity index is 715. The number of amides is 2. The molecule has 0 saturated heterocycles. The second-order valence-corrected chi connectivity index (χ2v) is 5.51. The van der Waals surface area contributed by atoms with Crippen molar-refractivity contribution < 1.29 is 14.3 Å². The second-order valence-electron chi connectivity index (χ2n) is 5.51. The van der Waals surface area contributed by atoms with Crippen LogP contribution in [-0.4, -0.2) is 39.5 Å². The number of nitrogens with zero attached hydrogens (tertiary/aromatic N) is 4. The van der Waals surface area contributed by atoms with E-state index in [0.717, 1.165) is 11.3 Å². The highest BCUT2D eigenvalue weighted by Crippen LogP contribution is 2.32. The maximum atomic E-state index is 12.3. The van der Waals surface area contributed by atoms with Crippen molar-refractivity contribution in [2.75, 3.05) is 13.8 Å². The highest BCUT2D eigenvalue weighted by Gasteiger charge is 2.18. The second kappa shape index (κ2) is 6.15. The number of aryl methyl sites for hydroxylation is 1. The van der Waals surface area contributed by atoms with Crippen LogP contribution in [-0.2, 0) is 13.6 Å². The normalized spacial score (nSPS) is 13.7. The van der Waals surface area contributed by atoms with E-state index < -0.39 is 0 Å². The van der Waals surface area contributed by atoms with Gasteiger partial charge in [-0.3, -0.25) is 0 Å². The third-order valence-corrected chi connectivity index (χ3v) is 3.68. The Kier molecular flexibility index (Phi) is 4.05. The molecule has 2 amide bonds. The number of fused-ring (bicyclic) bond motifs is 1. The molecule has 0 unspecified atom stereocenters. The van der Waals surface area contributed by atoms with Gasteiger partial charge in [0, 0.05) is 20.6 Å². The molecule has 2 aromatic rings. The van der Waals surface area contributed by atoms with Crippen molar-refractivity contribution in [1.82, 2.24) is 25.0 Å². The molecule has 1 aromatic heterocycles. The van der Waals surface area contributed by atoms with Crippen LogP contribution < -0.4 is 14.8 Å². The first-order chi connectivity index (χ1) is 11.0. The molecule has 1 aliphatic rings. The van der Waals surface area contributed by atoms with E-state index in [9.17, 15) is 4.79 Å². The van der Waals surface area contributed by atoms with Crippen molar-refractivity contribution in [2.24, 2.45) is 7.05 Å². The fourth-order valence-electron chi connectivity index (χ4n) is 2.43. The molecule has 0 saturated carbocycles. The van der Waals surface area contributed by atoms with Crippen molar-refractivity contribution in [2.45, 2.75) is 19.5 Å². The van der Waals surface area contributed by atoms with E-state index in [0.29, 0.717) is 18.1 Å². The van der Waals surface area contributed by atoms with Gasteiger partial charge in [0.05, 0.1) is 6.04 Å². The zero-order valence-electron chi connectivity index (χ0n) is 13.3. The summed E-state index contributed by atoms with van der Waals surface area (Å²) in [6.45, 7) is 2.58. The third kappa shape index (κ3) is 3.20.